The predicted molar refractivity (Wildman–Crippen MR) is 48.6 cm³/mol. The van der Waals surface area contributed by atoms with Crippen LogP contribution in [0.3, 0.4) is 0 Å². The van der Waals surface area contributed by atoms with Crippen molar-refractivity contribution in [1.29, 1.82) is 5.26 Å². The molecule has 0 aliphatic heterocycles. The van der Waals surface area contributed by atoms with Crippen LogP contribution in [0.25, 0.3) is 0 Å². The Kier molecular flexibility index (Phi) is 2.69. The number of nitrogens with zero attached hydrogens (tertiary/aromatic N) is 3. The van der Waals surface area contributed by atoms with Crippen LogP contribution in [0.4, 0.5) is 0 Å². The van der Waals surface area contributed by atoms with Gasteiger partial charge in [0.05, 0.1) is 6.07 Å². The molecular formula is C8H8ClN3O. The average molecular weight is 198 g/mol. The molecule has 0 saturated carbocycles. The summed E-state index contributed by atoms with van der Waals surface area (Å²) in [6, 6.07) is 2.64. The van der Waals surface area contributed by atoms with Crippen molar-refractivity contribution >= 4 is 11.6 Å². The summed E-state index contributed by atoms with van der Waals surface area (Å²) in [7, 11) is 0. The highest BCUT2D eigenvalue weighted by Gasteiger charge is 2.09. The smallest absolute Gasteiger partial charge is 0.256 e. The Balaban J connectivity index is 3.40. The van der Waals surface area contributed by atoms with Crippen LogP contribution in [-0.4, -0.2) is 9.55 Å². The Morgan fingerprint density at radius 2 is 2.38 bits per heavy atom. The van der Waals surface area contributed by atoms with Gasteiger partial charge in [0.2, 0.25) is 0 Å². The normalized spacial score (nSPS) is 12.2. The first kappa shape index (κ1) is 9.75. The minimum atomic E-state index is -0.516. The van der Waals surface area contributed by atoms with Crippen molar-refractivity contribution in [2.45, 2.75) is 19.9 Å². The largest absolute Gasteiger partial charge is 0.280 e. The lowest BCUT2D eigenvalue weighted by atomic mass is 10.3. The van der Waals surface area contributed by atoms with Crippen molar-refractivity contribution in [3.05, 3.63) is 27.4 Å². The topological polar surface area (TPSA) is 58.7 Å². The lowest BCUT2D eigenvalue weighted by molar-refractivity contribution is 0.607. The average Bonchev–Trinajstić information content (AvgIpc) is 2.02. The zero-order chi connectivity index (χ0) is 10.0. The van der Waals surface area contributed by atoms with Crippen molar-refractivity contribution in [2.75, 3.05) is 0 Å². The minimum absolute atomic E-state index is 0.156. The zero-order valence-electron chi connectivity index (χ0n) is 7.28. The van der Waals surface area contributed by atoms with Crippen LogP contribution in [-0.2, 0) is 0 Å². The molecule has 1 rings (SSSR count). The van der Waals surface area contributed by atoms with Crippen LogP contribution < -0.4 is 5.56 Å². The number of hydrogen-bond donors (Lipinski definition) is 0. The van der Waals surface area contributed by atoms with Gasteiger partial charge in [0.25, 0.3) is 5.56 Å². The van der Waals surface area contributed by atoms with E-state index in [0.717, 1.165) is 0 Å². The summed E-state index contributed by atoms with van der Waals surface area (Å²) in [5, 5.41) is 8.79. The molecule has 0 amide bonds. The van der Waals surface area contributed by atoms with Crippen molar-refractivity contribution < 1.29 is 0 Å². The van der Waals surface area contributed by atoms with Gasteiger partial charge in [0.1, 0.15) is 17.0 Å². The second-order valence-electron chi connectivity index (χ2n) is 2.64. The molecule has 0 N–H and O–H groups in total. The number of aryl methyl sites for hydroxylation is 1. The van der Waals surface area contributed by atoms with Crippen LogP contribution in [0.5, 0.6) is 0 Å². The van der Waals surface area contributed by atoms with E-state index in [1.54, 1.807) is 13.8 Å². The lowest BCUT2D eigenvalue weighted by Crippen LogP contribution is -2.25. The van der Waals surface area contributed by atoms with Gasteiger partial charge >= 0.3 is 0 Å². The maximum absolute atomic E-state index is 11.3. The molecule has 0 aliphatic carbocycles. The molecule has 1 heterocycles. The van der Waals surface area contributed by atoms with Gasteiger partial charge < -0.3 is 0 Å². The van der Waals surface area contributed by atoms with Gasteiger partial charge in [0.15, 0.2) is 0 Å². The van der Waals surface area contributed by atoms with Crippen molar-refractivity contribution in [3.8, 4) is 6.07 Å². The van der Waals surface area contributed by atoms with Gasteiger partial charge in [-0.15, -0.1) is 0 Å². The highest BCUT2D eigenvalue weighted by molar-refractivity contribution is 6.29. The van der Waals surface area contributed by atoms with E-state index >= 15 is 0 Å². The number of nitriles is 1. The van der Waals surface area contributed by atoms with Crippen molar-refractivity contribution in [1.82, 2.24) is 9.55 Å². The molecule has 0 radical (unpaired) electrons. The lowest BCUT2D eigenvalue weighted by Gasteiger charge is -2.09. The molecule has 0 spiro atoms. The third kappa shape index (κ3) is 1.87. The molecule has 0 saturated heterocycles. The van der Waals surface area contributed by atoms with E-state index in [1.165, 1.54) is 10.6 Å². The Hall–Kier alpha value is -1.34. The van der Waals surface area contributed by atoms with E-state index in [9.17, 15) is 4.79 Å². The van der Waals surface area contributed by atoms with E-state index in [-0.39, 0.29) is 10.7 Å². The number of halogens is 1. The highest BCUT2D eigenvalue weighted by Crippen LogP contribution is 2.06. The van der Waals surface area contributed by atoms with Crippen LogP contribution >= 0.6 is 11.6 Å². The second kappa shape index (κ2) is 3.58. The molecule has 0 aromatic carbocycles. The molecule has 5 heteroatoms. The van der Waals surface area contributed by atoms with Gasteiger partial charge in [0, 0.05) is 6.07 Å². The highest BCUT2D eigenvalue weighted by atomic mass is 35.5. The maximum atomic E-state index is 11.3. The van der Waals surface area contributed by atoms with Gasteiger partial charge in [-0.2, -0.15) is 5.26 Å². The fourth-order valence-corrected chi connectivity index (χ4v) is 1.32. The molecule has 1 aromatic heterocycles. The van der Waals surface area contributed by atoms with Gasteiger partial charge in [-0.1, -0.05) is 11.6 Å². The molecular weight excluding hydrogens is 190 g/mol. The van der Waals surface area contributed by atoms with Crippen LogP contribution in [0, 0.1) is 18.3 Å². The third-order valence-corrected chi connectivity index (χ3v) is 1.87. The summed E-state index contributed by atoms with van der Waals surface area (Å²) in [5.41, 5.74) is -0.299. The monoisotopic (exact) mass is 197 g/mol. The third-order valence-electron chi connectivity index (χ3n) is 1.67. The standard InChI is InChI=1S/C8H8ClN3O/c1-5(4-10)12-6(2)11-7(9)3-8(12)13/h3,5H,1-2H3. The summed E-state index contributed by atoms with van der Waals surface area (Å²) in [4.78, 5) is 15.2. The Morgan fingerprint density at radius 3 is 2.85 bits per heavy atom. The van der Waals surface area contributed by atoms with E-state index in [1.807, 2.05) is 6.07 Å². The minimum Gasteiger partial charge on any atom is -0.280 e. The Morgan fingerprint density at radius 1 is 1.77 bits per heavy atom. The summed E-state index contributed by atoms with van der Waals surface area (Å²) in [5.74, 6) is 0.451. The molecule has 0 aliphatic rings. The molecule has 13 heavy (non-hydrogen) atoms. The van der Waals surface area contributed by atoms with E-state index < -0.39 is 6.04 Å². The van der Waals surface area contributed by atoms with Crippen LogP contribution in [0.15, 0.2) is 10.9 Å². The number of hydrogen-bond acceptors (Lipinski definition) is 3. The molecule has 0 bridgehead atoms. The summed E-state index contributed by atoms with van der Waals surface area (Å²) in [6.07, 6.45) is 0. The van der Waals surface area contributed by atoms with Gasteiger partial charge in [-0.3, -0.25) is 9.36 Å². The fourth-order valence-electron chi connectivity index (χ4n) is 1.10. The van der Waals surface area contributed by atoms with E-state index in [0.29, 0.717) is 5.82 Å². The first-order chi connectivity index (χ1) is 6.06. The number of aromatic nitrogens is 2. The summed E-state index contributed by atoms with van der Waals surface area (Å²) >= 11 is 5.56. The first-order valence-corrected chi connectivity index (χ1v) is 4.09. The Bertz CT molecular complexity index is 418. The zero-order valence-corrected chi connectivity index (χ0v) is 8.04. The summed E-state index contributed by atoms with van der Waals surface area (Å²) in [6.45, 7) is 3.27. The molecule has 1 unspecified atom stereocenters. The van der Waals surface area contributed by atoms with Crippen molar-refractivity contribution in [3.63, 3.8) is 0 Å². The molecule has 1 atom stereocenters. The van der Waals surface area contributed by atoms with Gasteiger partial charge in [-0.25, -0.2) is 4.98 Å². The Labute approximate surface area is 80.4 Å². The number of rotatable bonds is 1. The molecule has 4 nitrogen and oxygen atoms in total. The molecule has 1 aromatic rings. The summed E-state index contributed by atoms with van der Waals surface area (Å²) < 4.78 is 1.30. The predicted octanol–water partition coefficient (Wildman–Crippen LogP) is 1.29. The van der Waals surface area contributed by atoms with E-state index in [4.69, 9.17) is 16.9 Å². The van der Waals surface area contributed by atoms with Crippen LogP contribution in [0.1, 0.15) is 18.8 Å². The molecule has 68 valence electrons. The van der Waals surface area contributed by atoms with Gasteiger partial charge in [-0.05, 0) is 13.8 Å². The fraction of sp³-hybridized carbons (Fsp3) is 0.375. The van der Waals surface area contributed by atoms with Crippen LogP contribution in [0.2, 0.25) is 5.15 Å². The quantitative estimate of drug-likeness (QED) is 0.638. The van der Waals surface area contributed by atoms with Crippen molar-refractivity contribution in [2.24, 2.45) is 0 Å². The maximum Gasteiger partial charge on any atom is 0.256 e. The first-order valence-electron chi connectivity index (χ1n) is 3.71. The second-order valence-corrected chi connectivity index (χ2v) is 3.03. The van der Waals surface area contributed by atoms with E-state index in [2.05, 4.69) is 4.98 Å². The SMILES string of the molecule is Cc1nc(Cl)cc(=O)n1C(C)C#N. The molecule has 0 fully saturated rings.